The molecule has 0 heterocycles. The van der Waals surface area contributed by atoms with E-state index in [1.54, 1.807) is 0 Å². The van der Waals surface area contributed by atoms with E-state index in [4.69, 9.17) is 4.74 Å². The van der Waals surface area contributed by atoms with Crippen LogP contribution in [0.25, 0.3) is 0 Å². The molecule has 0 aromatic carbocycles. The Labute approximate surface area is 77.6 Å². The van der Waals surface area contributed by atoms with Crippen molar-refractivity contribution >= 4 is 15.9 Å². The predicted octanol–water partition coefficient (Wildman–Crippen LogP) is 2.83. The summed E-state index contributed by atoms with van der Waals surface area (Å²) in [7, 11) is 1.83. The van der Waals surface area contributed by atoms with Crippen molar-refractivity contribution in [2.24, 2.45) is 11.8 Å². The van der Waals surface area contributed by atoms with E-state index in [0.717, 1.165) is 0 Å². The van der Waals surface area contributed by atoms with Gasteiger partial charge in [0.15, 0.2) is 0 Å². The van der Waals surface area contributed by atoms with E-state index < -0.39 is 0 Å². The lowest BCUT2D eigenvalue weighted by molar-refractivity contribution is -0.00456. The van der Waals surface area contributed by atoms with Crippen LogP contribution in [0.15, 0.2) is 0 Å². The van der Waals surface area contributed by atoms with Gasteiger partial charge < -0.3 is 4.74 Å². The Morgan fingerprint density at radius 3 is 2.00 bits per heavy atom. The highest BCUT2D eigenvalue weighted by molar-refractivity contribution is 9.09. The molecular weight excluding hydrogens is 204 g/mol. The normalized spacial score (nSPS) is 45.8. The third kappa shape index (κ3) is 2.19. The van der Waals surface area contributed by atoms with E-state index >= 15 is 0 Å². The molecule has 0 radical (unpaired) electrons. The second-order valence-corrected chi connectivity index (χ2v) is 5.02. The SMILES string of the molecule is COC1[C@H](C)CC(Br)C[C@H]1C. The van der Waals surface area contributed by atoms with Crippen LogP contribution in [0.1, 0.15) is 26.7 Å². The van der Waals surface area contributed by atoms with Crippen molar-refractivity contribution in [3.8, 4) is 0 Å². The van der Waals surface area contributed by atoms with Crippen LogP contribution >= 0.6 is 15.9 Å². The van der Waals surface area contributed by atoms with Crippen LogP contribution in [0, 0.1) is 11.8 Å². The Balaban J connectivity index is 2.52. The largest absolute Gasteiger partial charge is 0.381 e. The van der Waals surface area contributed by atoms with Crippen LogP contribution in [0.5, 0.6) is 0 Å². The number of hydrogen-bond acceptors (Lipinski definition) is 1. The van der Waals surface area contributed by atoms with Crippen molar-refractivity contribution in [2.75, 3.05) is 7.11 Å². The molecule has 1 saturated carbocycles. The van der Waals surface area contributed by atoms with Gasteiger partial charge in [0.2, 0.25) is 0 Å². The molecule has 0 aromatic rings. The number of alkyl halides is 1. The maximum Gasteiger partial charge on any atom is 0.0623 e. The van der Waals surface area contributed by atoms with Gasteiger partial charge >= 0.3 is 0 Å². The summed E-state index contributed by atoms with van der Waals surface area (Å²) in [6.07, 6.45) is 2.98. The fourth-order valence-electron chi connectivity index (χ4n) is 2.20. The van der Waals surface area contributed by atoms with Crippen molar-refractivity contribution in [2.45, 2.75) is 37.6 Å². The summed E-state index contributed by atoms with van der Waals surface area (Å²) >= 11 is 3.67. The molecule has 1 aliphatic rings. The zero-order chi connectivity index (χ0) is 8.43. The summed E-state index contributed by atoms with van der Waals surface area (Å²) < 4.78 is 5.44. The highest BCUT2D eigenvalue weighted by atomic mass is 79.9. The zero-order valence-electron chi connectivity index (χ0n) is 7.51. The van der Waals surface area contributed by atoms with E-state index in [1.165, 1.54) is 12.8 Å². The molecular formula is C9H17BrO. The standard InChI is InChI=1S/C9H17BrO/c1-6-4-8(10)5-7(2)9(6)11-3/h6-9H,4-5H2,1-3H3/t6-,7-,8?,9?/m1/s1. The highest BCUT2D eigenvalue weighted by Crippen LogP contribution is 2.34. The number of ether oxygens (including phenoxy) is 1. The van der Waals surface area contributed by atoms with Crippen LogP contribution in [0.4, 0.5) is 0 Å². The Bertz CT molecular complexity index is 115. The second kappa shape index (κ2) is 3.90. The molecule has 2 atom stereocenters. The van der Waals surface area contributed by atoms with Gasteiger partial charge in [-0.2, -0.15) is 0 Å². The molecule has 1 nitrogen and oxygen atoms in total. The van der Waals surface area contributed by atoms with Gasteiger partial charge in [-0.05, 0) is 24.7 Å². The third-order valence-electron chi connectivity index (χ3n) is 2.65. The van der Waals surface area contributed by atoms with Crippen LogP contribution < -0.4 is 0 Å². The molecule has 1 aliphatic carbocycles. The lowest BCUT2D eigenvalue weighted by Crippen LogP contribution is -2.35. The Hall–Kier alpha value is 0.440. The molecule has 0 unspecified atom stereocenters. The van der Waals surface area contributed by atoms with Gasteiger partial charge in [0.25, 0.3) is 0 Å². The fraction of sp³-hybridized carbons (Fsp3) is 1.00. The molecule has 2 heteroatoms. The van der Waals surface area contributed by atoms with Gasteiger partial charge in [0.05, 0.1) is 6.10 Å². The molecule has 0 N–H and O–H groups in total. The maximum atomic E-state index is 5.44. The van der Waals surface area contributed by atoms with Gasteiger partial charge in [-0.25, -0.2) is 0 Å². The molecule has 66 valence electrons. The number of rotatable bonds is 1. The topological polar surface area (TPSA) is 9.23 Å². The summed E-state index contributed by atoms with van der Waals surface area (Å²) in [5.74, 6) is 1.40. The Morgan fingerprint density at radius 1 is 1.18 bits per heavy atom. The molecule has 1 rings (SSSR count). The molecule has 0 aromatic heterocycles. The number of hydrogen-bond donors (Lipinski definition) is 0. The minimum atomic E-state index is 0.476. The smallest absolute Gasteiger partial charge is 0.0623 e. The van der Waals surface area contributed by atoms with Crippen molar-refractivity contribution in [3.05, 3.63) is 0 Å². The average Bonchev–Trinajstić information content (AvgIpc) is 1.85. The summed E-state index contributed by atoms with van der Waals surface area (Å²) in [5, 5.41) is 0. The molecule has 0 amide bonds. The van der Waals surface area contributed by atoms with E-state index in [-0.39, 0.29) is 0 Å². The van der Waals surface area contributed by atoms with E-state index in [2.05, 4.69) is 29.8 Å². The van der Waals surface area contributed by atoms with Crippen molar-refractivity contribution in [1.29, 1.82) is 0 Å². The lowest BCUT2D eigenvalue weighted by atomic mass is 9.80. The second-order valence-electron chi connectivity index (χ2n) is 3.72. The number of methoxy groups -OCH3 is 1. The summed E-state index contributed by atoms with van der Waals surface area (Å²) in [5.41, 5.74) is 0. The molecule has 0 spiro atoms. The van der Waals surface area contributed by atoms with Crippen LogP contribution in [-0.2, 0) is 4.74 Å². The highest BCUT2D eigenvalue weighted by Gasteiger charge is 2.31. The minimum absolute atomic E-state index is 0.476. The van der Waals surface area contributed by atoms with Gasteiger partial charge in [-0.3, -0.25) is 0 Å². The average molecular weight is 221 g/mol. The van der Waals surface area contributed by atoms with Crippen LogP contribution in [-0.4, -0.2) is 18.0 Å². The Kier molecular flexibility index (Phi) is 3.38. The first-order valence-corrected chi connectivity index (χ1v) is 5.23. The molecule has 0 aliphatic heterocycles. The van der Waals surface area contributed by atoms with E-state index in [1.807, 2.05) is 7.11 Å². The third-order valence-corrected chi connectivity index (χ3v) is 3.40. The van der Waals surface area contributed by atoms with Crippen molar-refractivity contribution < 1.29 is 4.74 Å². The minimum Gasteiger partial charge on any atom is -0.381 e. The summed E-state index contributed by atoms with van der Waals surface area (Å²) in [4.78, 5) is 0.707. The van der Waals surface area contributed by atoms with Crippen LogP contribution in [0.3, 0.4) is 0 Å². The molecule has 11 heavy (non-hydrogen) atoms. The monoisotopic (exact) mass is 220 g/mol. The predicted molar refractivity (Wildman–Crippen MR) is 51.1 cm³/mol. The Morgan fingerprint density at radius 2 is 1.64 bits per heavy atom. The maximum absolute atomic E-state index is 5.44. The van der Waals surface area contributed by atoms with E-state index in [0.29, 0.717) is 22.8 Å². The summed E-state index contributed by atoms with van der Waals surface area (Å²) in [6, 6.07) is 0. The first kappa shape index (κ1) is 9.53. The molecule has 1 fully saturated rings. The van der Waals surface area contributed by atoms with E-state index in [9.17, 15) is 0 Å². The summed E-state index contributed by atoms with van der Waals surface area (Å²) in [6.45, 7) is 4.55. The van der Waals surface area contributed by atoms with Crippen LogP contribution in [0.2, 0.25) is 0 Å². The molecule has 0 saturated heterocycles. The first-order valence-electron chi connectivity index (χ1n) is 4.32. The van der Waals surface area contributed by atoms with Gasteiger partial charge in [-0.1, -0.05) is 29.8 Å². The first-order chi connectivity index (χ1) is 5.15. The fourth-order valence-corrected chi connectivity index (χ4v) is 3.38. The van der Waals surface area contributed by atoms with Crippen molar-refractivity contribution in [3.63, 3.8) is 0 Å². The lowest BCUT2D eigenvalue weighted by Gasteiger charge is -2.35. The van der Waals surface area contributed by atoms with Gasteiger partial charge in [0, 0.05) is 11.9 Å². The van der Waals surface area contributed by atoms with Crippen molar-refractivity contribution in [1.82, 2.24) is 0 Å². The van der Waals surface area contributed by atoms with Gasteiger partial charge in [0.1, 0.15) is 0 Å². The number of halogens is 1. The van der Waals surface area contributed by atoms with Gasteiger partial charge in [-0.15, -0.1) is 0 Å². The quantitative estimate of drug-likeness (QED) is 0.618. The molecule has 0 bridgehead atoms. The zero-order valence-corrected chi connectivity index (χ0v) is 9.10.